The van der Waals surface area contributed by atoms with Crippen LogP contribution in [0, 0.1) is 5.92 Å². The first-order chi connectivity index (χ1) is 13.2. The van der Waals surface area contributed by atoms with E-state index < -0.39 is 0 Å². The van der Waals surface area contributed by atoms with Crippen molar-refractivity contribution in [2.75, 3.05) is 31.4 Å². The Morgan fingerprint density at radius 3 is 2.89 bits per heavy atom. The van der Waals surface area contributed by atoms with E-state index in [1.54, 1.807) is 7.11 Å². The highest BCUT2D eigenvalue weighted by Gasteiger charge is 2.29. The van der Waals surface area contributed by atoms with E-state index in [-0.39, 0.29) is 11.8 Å². The first-order valence-electron chi connectivity index (χ1n) is 9.13. The van der Waals surface area contributed by atoms with Crippen molar-refractivity contribution in [1.82, 2.24) is 14.8 Å². The van der Waals surface area contributed by atoms with Crippen LogP contribution in [0.1, 0.15) is 12.8 Å². The fourth-order valence-electron chi connectivity index (χ4n) is 3.13. The molecular weight excluding hydrogens is 342 g/mol. The summed E-state index contributed by atoms with van der Waals surface area (Å²) in [6, 6.07) is 7.89. The van der Waals surface area contributed by atoms with Gasteiger partial charge < -0.3 is 15.4 Å². The summed E-state index contributed by atoms with van der Waals surface area (Å²) in [5, 5.41) is 12.8. The second-order valence-corrected chi connectivity index (χ2v) is 6.75. The summed E-state index contributed by atoms with van der Waals surface area (Å²) in [7, 11) is 3.53. The van der Waals surface area contributed by atoms with Gasteiger partial charge in [-0.05, 0) is 42.5 Å². The summed E-state index contributed by atoms with van der Waals surface area (Å²) in [5.41, 5.74) is 2.58. The van der Waals surface area contributed by atoms with E-state index in [9.17, 15) is 4.79 Å². The molecule has 27 heavy (non-hydrogen) atoms. The molecule has 1 amide bonds. The quantitative estimate of drug-likeness (QED) is 0.672. The fraction of sp³-hybridized carbons (Fsp3) is 0.350. The Labute approximate surface area is 157 Å². The van der Waals surface area contributed by atoms with Gasteiger partial charge in [0.25, 0.3) is 0 Å². The van der Waals surface area contributed by atoms with Crippen LogP contribution in [-0.2, 0) is 16.1 Å². The number of aromatic nitrogens is 3. The van der Waals surface area contributed by atoms with Crippen LogP contribution in [0.5, 0.6) is 0 Å². The number of fused-ring (bicyclic) bond motifs is 1. The third-order valence-electron chi connectivity index (χ3n) is 4.78. The predicted molar refractivity (Wildman–Crippen MR) is 106 cm³/mol. The van der Waals surface area contributed by atoms with E-state index in [2.05, 4.69) is 20.7 Å². The molecule has 1 saturated carbocycles. The summed E-state index contributed by atoms with van der Waals surface area (Å²) in [6.45, 7) is 1.30. The number of hydrogen-bond acceptors (Lipinski definition) is 5. The lowest BCUT2D eigenvalue weighted by molar-refractivity contribution is -0.117. The molecule has 0 unspecified atom stereocenters. The van der Waals surface area contributed by atoms with Crippen molar-refractivity contribution in [3.05, 3.63) is 36.7 Å². The number of carbonyl (C=O) groups is 1. The van der Waals surface area contributed by atoms with E-state index in [1.807, 2.05) is 48.4 Å². The zero-order chi connectivity index (χ0) is 18.8. The zero-order valence-corrected chi connectivity index (χ0v) is 15.5. The molecule has 3 aromatic rings. The van der Waals surface area contributed by atoms with E-state index in [4.69, 9.17) is 4.74 Å². The SMILES string of the molecule is CNc1ncc(-c2ccn(CCOC)n2)c2cc(NC(=O)C3CC3)ccc12. The summed E-state index contributed by atoms with van der Waals surface area (Å²) < 4.78 is 6.97. The number of anilines is 2. The number of rotatable bonds is 7. The second-order valence-electron chi connectivity index (χ2n) is 6.75. The van der Waals surface area contributed by atoms with Gasteiger partial charge in [-0.1, -0.05) is 0 Å². The Morgan fingerprint density at radius 1 is 1.30 bits per heavy atom. The van der Waals surface area contributed by atoms with E-state index >= 15 is 0 Å². The van der Waals surface area contributed by atoms with E-state index in [1.165, 1.54) is 0 Å². The van der Waals surface area contributed by atoms with Crippen molar-refractivity contribution >= 4 is 28.2 Å². The van der Waals surface area contributed by atoms with Crippen LogP contribution in [0.15, 0.2) is 36.7 Å². The van der Waals surface area contributed by atoms with Crippen LogP contribution >= 0.6 is 0 Å². The van der Waals surface area contributed by atoms with Gasteiger partial charge in [0.1, 0.15) is 5.82 Å². The van der Waals surface area contributed by atoms with Crippen molar-refractivity contribution in [1.29, 1.82) is 0 Å². The largest absolute Gasteiger partial charge is 0.383 e. The Balaban J connectivity index is 1.74. The molecule has 0 radical (unpaired) electrons. The average Bonchev–Trinajstić information content (AvgIpc) is 3.44. The fourth-order valence-corrected chi connectivity index (χ4v) is 3.13. The maximum atomic E-state index is 12.1. The molecule has 4 rings (SSSR count). The standard InChI is InChI=1S/C20H23N5O2/c1-21-19-15-6-5-14(23-20(26)13-3-4-13)11-16(15)17(12-22-19)18-7-8-25(24-18)9-10-27-2/h5-8,11-13H,3-4,9-10H2,1-2H3,(H,21,22)(H,23,26). The molecule has 0 aliphatic heterocycles. The Hall–Kier alpha value is -2.93. The molecule has 2 heterocycles. The first-order valence-corrected chi connectivity index (χ1v) is 9.13. The maximum Gasteiger partial charge on any atom is 0.227 e. The van der Waals surface area contributed by atoms with Crippen molar-refractivity contribution in [2.24, 2.45) is 5.92 Å². The number of benzene rings is 1. The number of hydrogen-bond donors (Lipinski definition) is 2. The molecule has 7 nitrogen and oxygen atoms in total. The lowest BCUT2D eigenvalue weighted by atomic mass is 10.0. The van der Waals surface area contributed by atoms with Crippen LogP contribution in [0.2, 0.25) is 0 Å². The van der Waals surface area contributed by atoms with Gasteiger partial charge in [-0.25, -0.2) is 4.98 Å². The van der Waals surface area contributed by atoms with Crippen molar-refractivity contribution in [3.8, 4) is 11.3 Å². The lowest BCUT2D eigenvalue weighted by Crippen LogP contribution is -2.13. The van der Waals surface area contributed by atoms with Gasteiger partial charge in [0, 0.05) is 49.1 Å². The number of carbonyl (C=O) groups excluding carboxylic acids is 1. The molecule has 1 aliphatic carbocycles. The molecule has 0 bridgehead atoms. The lowest BCUT2D eigenvalue weighted by Gasteiger charge is -2.11. The summed E-state index contributed by atoms with van der Waals surface area (Å²) in [6.07, 6.45) is 5.73. The molecule has 1 aromatic carbocycles. The minimum atomic E-state index is 0.0997. The third kappa shape index (κ3) is 3.64. The van der Waals surface area contributed by atoms with Crippen molar-refractivity contribution < 1.29 is 9.53 Å². The summed E-state index contributed by atoms with van der Waals surface area (Å²) in [5.74, 6) is 1.07. The number of nitrogens with zero attached hydrogens (tertiary/aromatic N) is 3. The zero-order valence-electron chi connectivity index (χ0n) is 15.5. The number of pyridine rings is 1. The highest BCUT2D eigenvalue weighted by Crippen LogP contribution is 2.34. The smallest absolute Gasteiger partial charge is 0.227 e. The Kier molecular flexibility index (Phi) is 4.77. The van der Waals surface area contributed by atoms with Crippen LogP contribution in [-0.4, -0.2) is 41.4 Å². The third-order valence-corrected chi connectivity index (χ3v) is 4.78. The second kappa shape index (κ2) is 7.36. The van der Waals surface area contributed by atoms with Gasteiger partial charge in [-0.3, -0.25) is 9.48 Å². The van der Waals surface area contributed by atoms with Crippen LogP contribution < -0.4 is 10.6 Å². The highest BCUT2D eigenvalue weighted by atomic mass is 16.5. The number of nitrogens with one attached hydrogen (secondary N) is 2. The minimum Gasteiger partial charge on any atom is -0.383 e. The van der Waals surface area contributed by atoms with Crippen molar-refractivity contribution in [3.63, 3.8) is 0 Å². The molecule has 2 aromatic heterocycles. The van der Waals surface area contributed by atoms with Gasteiger partial charge in [-0.2, -0.15) is 5.10 Å². The molecule has 0 atom stereocenters. The van der Waals surface area contributed by atoms with Gasteiger partial charge in [0.2, 0.25) is 5.91 Å². The highest BCUT2D eigenvalue weighted by molar-refractivity contribution is 6.04. The monoisotopic (exact) mass is 365 g/mol. The normalized spacial score (nSPS) is 13.7. The molecule has 1 aliphatic rings. The van der Waals surface area contributed by atoms with Crippen molar-refractivity contribution in [2.45, 2.75) is 19.4 Å². The molecular formula is C20H23N5O2. The maximum absolute atomic E-state index is 12.1. The van der Waals surface area contributed by atoms with Crippen LogP contribution in [0.3, 0.4) is 0 Å². The van der Waals surface area contributed by atoms with Gasteiger partial charge in [-0.15, -0.1) is 0 Å². The number of ether oxygens (including phenoxy) is 1. The number of amides is 1. The van der Waals surface area contributed by atoms with E-state index in [0.717, 1.165) is 46.4 Å². The summed E-state index contributed by atoms with van der Waals surface area (Å²) in [4.78, 5) is 16.7. The molecule has 1 fully saturated rings. The molecule has 0 saturated heterocycles. The van der Waals surface area contributed by atoms with Gasteiger partial charge in [0.15, 0.2) is 0 Å². The number of methoxy groups -OCH3 is 1. The van der Waals surface area contributed by atoms with Crippen LogP contribution in [0.25, 0.3) is 22.0 Å². The molecule has 140 valence electrons. The molecule has 7 heteroatoms. The molecule has 2 N–H and O–H groups in total. The summed E-state index contributed by atoms with van der Waals surface area (Å²) >= 11 is 0. The Morgan fingerprint density at radius 2 is 2.15 bits per heavy atom. The molecule has 0 spiro atoms. The van der Waals surface area contributed by atoms with Gasteiger partial charge in [0.05, 0.1) is 18.8 Å². The predicted octanol–water partition coefficient (Wildman–Crippen LogP) is 3.13. The topological polar surface area (TPSA) is 81.1 Å². The first kappa shape index (κ1) is 17.5. The van der Waals surface area contributed by atoms with Crippen LogP contribution in [0.4, 0.5) is 11.5 Å². The van der Waals surface area contributed by atoms with E-state index in [0.29, 0.717) is 13.2 Å². The van der Waals surface area contributed by atoms with Gasteiger partial charge >= 0.3 is 0 Å². The average molecular weight is 365 g/mol. The minimum absolute atomic E-state index is 0.0997. The Bertz CT molecular complexity index is 978.